The van der Waals surface area contributed by atoms with E-state index in [4.69, 9.17) is 4.74 Å². The van der Waals surface area contributed by atoms with E-state index in [1.54, 1.807) is 7.11 Å². The number of aromatic nitrogens is 3. The maximum Gasteiger partial charge on any atom is 0.192 e. The molecule has 0 unspecified atom stereocenters. The number of phenolic OH excluding ortho intramolecular Hbond substituents is 2. The Labute approximate surface area is 191 Å². The van der Waals surface area contributed by atoms with Crippen molar-refractivity contribution in [1.82, 2.24) is 14.8 Å². The summed E-state index contributed by atoms with van der Waals surface area (Å²) in [4.78, 5) is 12.7. The standard InChI is InChI=1S/C24H27N3O4S/c1-15-5-3-4-6-20(15)27-23(16-7-10-18(31-2)11-8-16)25-26-24(27)32-14-22(30)19-12-9-17(28)13-21(19)29/h7-13,15,20,28-29H,3-6,14H2,1-2H3/t15-,20+/m0/s1. The molecule has 2 atom stereocenters. The summed E-state index contributed by atoms with van der Waals surface area (Å²) in [5.41, 5.74) is 1.13. The SMILES string of the molecule is COc1ccc(-c2nnc(SCC(=O)c3ccc(O)cc3O)n2[C@@H]2CCCC[C@@H]2C)cc1. The largest absolute Gasteiger partial charge is 0.508 e. The predicted octanol–water partition coefficient (Wildman–Crippen LogP) is 5.09. The number of rotatable bonds is 7. The minimum absolute atomic E-state index is 0.0816. The van der Waals surface area contributed by atoms with Crippen molar-refractivity contribution in [2.24, 2.45) is 5.92 Å². The van der Waals surface area contributed by atoms with Crippen molar-refractivity contribution in [1.29, 1.82) is 0 Å². The van der Waals surface area contributed by atoms with Crippen LogP contribution in [0.2, 0.25) is 0 Å². The zero-order chi connectivity index (χ0) is 22.7. The second kappa shape index (κ2) is 9.65. The van der Waals surface area contributed by atoms with E-state index in [1.807, 2.05) is 24.3 Å². The summed E-state index contributed by atoms with van der Waals surface area (Å²) in [6.07, 6.45) is 4.57. The summed E-state index contributed by atoms with van der Waals surface area (Å²) in [7, 11) is 1.64. The lowest BCUT2D eigenvalue weighted by Crippen LogP contribution is -2.22. The molecule has 0 saturated heterocycles. The van der Waals surface area contributed by atoms with Crippen LogP contribution in [0, 0.1) is 5.92 Å². The van der Waals surface area contributed by atoms with Crippen LogP contribution in [-0.2, 0) is 0 Å². The first-order valence-corrected chi connectivity index (χ1v) is 11.7. The van der Waals surface area contributed by atoms with E-state index in [0.717, 1.165) is 36.4 Å². The number of carbonyl (C=O) groups excluding carboxylic acids is 1. The van der Waals surface area contributed by atoms with E-state index in [9.17, 15) is 15.0 Å². The van der Waals surface area contributed by atoms with Gasteiger partial charge in [0.05, 0.1) is 18.4 Å². The Balaban J connectivity index is 1.63. The van der Waals surface area contributed by atoms with Crippen molar-refractivity contribution in [3.05, 3.63) is 48.0 Å². The fraction of sp³-hybridized carbons (Fsp3) is 0.375. The number of aromatic hydroxyl groups is 2. The van der Waals surface area contributed by atoms with E-state index in [-0.39, 0.29) is 34.6 Å². The molecule has 168 valence electrons. The average Bonchev–Trinajstić information content (AvgIpc) is 3.21. The molecule has 1 aliphatic rings. The number of hydrogen-bond donors (Lipinski definition) is 2. The molecule has 8 heteroatoms. The lowest BCUT2D eigenvalue weighted by atomic mass is 9.85. The van der Waals surface area contributed by atoms with Crippen LogP contribution in [0.1, 0.15) is 49.0 Å². The molecule has 7 nitrogen and oxygen atoms in total. The third kappa shape index (κ3) is 4.60. The molecule has 0 radical (unpaired) electrons. The number of ketones is 1. The van der Waals surface area contributed by atoms with Crippen molar-refractivity contribution >= 4 is 17.5 Å². The van der Waals surface area contributed by atoms with Gasteiger partial charge in [0, 0.05) is 17.7 Å². The third-order valence-corrected chi connectivity index (χ3v) is 6.97. The maximum atomic E-state index is 12.7. The fourth-order valence-electron chi connectivity index (χ4n) is 4.26. The van der Waals surface area contributed by atoms with Crippen LogP contribution in [0.3, 0.4) is 0 Å². The number of hydrogen-bond acceptors (Lipinski definition) is 7. The molecule has 1 fully saturated rings. The molecule has 4 rings (SSSR count). The second-order valence-corrected chi connectivity index (χ2v) is 9.09. The van der Waals surface area contributed by atoms with Gasteiger partial charge in [-0.15, -0.1) is 10.2 Å². The number of nitrogens with zero attached hydrogens (tertiary/aromatic N) is 3. The minimum Gasteiger partial charge on any atom is -0.508 e. The predicted molar refractivity (Wildman–Crippen MR) is 124 cm³/mol. The van der Waals surface area contributed by atoms with Gasteiger partial charge in [-0.2, -0.15) is 0 Å². The first kappa shape index (κ1) is 22.2. The Kier molecular flexibility index (Phi) is 6.69. The van der Waals surface area contributed by atoms with Crippen LogP contribution >= 0.6 is 11.8 Å². The number of carbonyl (C=O) groups is 1. The Hall–Kier alpha value is -3.00. The highest BCUT2D eigenvalue weighted by molar-refractivity contribution is 7.99. The lowest BCUT2D eigenvalue weighted by Gasteiger charge is -2.31. The molecule has 0 spiro atoms. The quantitative estimate of drug-likeness (QED) is 0.380. The van der Waals surface area contributed by atoms with Crippen LogP contribution in [0.25, 0.3) is 11.4 Å². The summed E-state index contributed by atoms with van der Waals surface area (Å²) in [5.74, 6) is 1.62. The molecule has 0 bridgehead atoms. The van der Waals surface area contributed by atoms with E-state index in [1.165, 1.54) is 36.4 Å². The smallest absolute Gasteiger partial charge is 0.192 e. The molecule has 32 heavy (non-hydrogen) atoms. The van der Waals surface area contributed by atoms with Gasteiger partial charge in [0.2, 0.25) is 0 Å². The van der Waals surface area contributed by atoms with Crippen molar-refractivity contribution in [2.45, 2.75) is 43.8 Å². The van der Waals surface area contributed by atoms with E-state index in [2.05, 4.69) is 21.7 Å². The summed E-state index contributed by atoms with van der Waals surface area (Å²) in [6, 6.07) is 12.0. The molecule has 0 aliphatic heterocycles. The Morgan fingerprint density at radius 2 is 1.88 bits per heavy atom. The lowest BCUT2D eigenvalue weighted by molar-refractivity contribution is 0.102. The van der Waals surface area contributed by atoms with Crippen LogP contribution in [0.4, 0.5) is 0 Å². The van der Waals surface area contributed by atoms with Crippen LogP contribution < -0.4 is 4.74 Å². The van der Waals surface area contributed by atoms with Gasteiger partial charge in [-0.1, -0.05) is 31.5 Å². The van der Waals surface area contributed by atoms with Gasteiger partial charge >= 0.3 is 0 Å². The number of benzene rings is 2. The topological polar surface area (TPSA) is 97.5 Å². The van der Waals surface area contributed by atoms with Gasteiger partial charge in [-0.25, -0.2) is 0 Å². The van der Waals surface area contributed by atoms with E-state index < -0.39 is 0 Å². The Bertz CT molecular complexity index is 1100. The van der Waals surface area contributed by atoms with Crippen LogP contribution in [0.5, 0.6) is 17.2 Å². The Morgan fingerprint density at radius 3 is 2.56 bits per heavy atom. The average molecular weight is 454 g/mol. The number of Topliss-reactive ketones (excluding diaryl/α,β-unsaturated/α-hetero) is 1. The highest BCUT2D eigenvalue weighted by Gasteiger charge is 2.29. The molecule has 1 heterocycles. The molecule has 1 saturated carbocycles. The molecule has 3 aromatic rings. The normalized spacial score (nSPS) is 18.4. The third-order valence-electron chi connectivity index (χ3n) is 6.02. The summed E-state index contributed by atoms with van der Waals surface area (Å²) >= 11 is 1.32. The summed E-state index contributed by atoms with van der Waals surface area (Å²) in [6.45, 7) is 2.26. The van der Waals surface area contributed by atoms with Gasteiger partial charge in [-0.3, -0.25) is 9.36 Å². The van der Waals surface area contributed by atoms with Crippen molar-refractivity contribution in [3.8, 4) is 28.6 Å². The van der Waals surface area contributed by atoms with Crippen molar-refractivity contribution < 1.29 is 19.7 Å². The fourth-order valence-corrected chi connectivity index (χ4v) is 5.13. The molecule has 2 aromatic carbocycles. The van der Waals surface area contributed by atoms with Gasteiger partial charge < -0.3 is 14.9 Å². The Morgan fingerprint density at radius 1 is 1.12 bits per heavy atom. The molecule has 1 aromatic heterocycles. The van der Waals surface area contributed by atoms with E-state index in [0.29, 0.717) is 11.1 Å². The molecule has 1 aliphatic carbocycles. The molecular formula is C24H27N3O4S. The van der Waals surface area contributed by atoms with Gasteiger partial charge in [0.1, 0.15) is 17.2 Å². The number of phenols is 2. The van der Waals surface area contributed by atoms with Gasteiger partial charge in [-0.05, 0) is 55.2 Å². The number of methoxy groups -OCH3 is 1. The van der Waals surface area contributed by atoms with E-state index >= 15 is 0 Å². The minimum atomic E-state index is -0.232. The molecular weight excluding hydrogens is 426 g/mol. The van der Waals surface area contributed by atoms with Crippen LogP contribution in [-0.4, -0.2) is 43.6 Å². The van der Waals surface area contributed by atoms with Gasteiger partial charge in [0.15, 0.2) is 16.8 Å². The van der Waals surface area contributed by atoms with Crippen molar-refractivity contribution in [3.63, 3.8) is 0 Å². The zero-order valence-corrected chi connectivity index (χ0v) is 19.0. The second-order valence-electron chi connectivity index (χ2n) is 8.15. The summed E-state index contributed by atoms with van der Waals surface area (Å²) < 4.78 is 7.46. The zero-order valence-electron chi connectivity index (χ0n) is 18.2. The molecule has 2 N–H and O–H groups in total. The van der Waals surface area contributed by atoms with Crippen LogP contribution in [0.15, 0.2) is 47.6 Å². The monoisotopic (exact) mass is 453 g/mol. The highest BCUT2D eigenvalue weighted by atomic mass is 32.2. The molecule has 0 amide bonds. The first-order valence-electron chi connectivity index (χ1n) is 10.7. The van der Waals surface area contributed by atoms with Gasteiger partial charge in [0.25, 0.3) is 0 Å². The maximum absolute atomic E-state index is 12.7. The van der Waals surface area contributed by atoms with Crippen molar-refractivity contribution in [2.75, 3.05) is 12.9 Å². The highest BCUT2D eigenvalue weighted by Crippen LogP contribution is 2.39. The first-order chi connectivity index (χ1) is 15.5. The summed E-state index contributed by atoms with van der Waals surface area (Å²) in [5, 5.41) is 29.1. The number of thioether (sulfide) groups is 1. The number of ether oxygens (including phenoxy) is 1.